The molecule has 108 valence electrons. The lowest BCUT2D eigenvalue weighted by Gasteiger charge is -2.31. The highest BCUT2D eigenvalue weighted by atomic mass is 16.5. The molecule has 0 aliphatic rings. The van der Waals surface area contributed by atoms with Gasteiger partial charge in [-0.05, 0) is 32.6 Å². The van der Waals surface area contributed by atoms with E-state index in [0.717, 1.165) is 19.1 Å². The number of aldehydes is 1. The monoisotopic (exact) mass is 258 g/mol. The molecule has 0 fully saturated rings. The van der Waals surface area contributed by atoms with Crippen LogP contribution in [0.25, 0.3) is 0 Å². The largest absolute Gasteiger partial charge is 0.376 e. The van der Waals surface area contributed by atoms with Crippen LogP contribution in [0.5, 0.6) is 0 Å². The van der Waals surface area contributed by atoms with E-state index in [1.54, 1.807) is 0 Å². The summed E-state index contributed by atoms with van der Waals surface area (Å²) in [6.07, 6.45) is 3.97. The van der Waals surface area contributed by atoms with Gasteiger partial charge >= 0.3 is 0 Å². The van der Waals surface area contributed by atoms with Crippen LogP contribution in [-0.4, -0.2) is 31.2 Å². The molecule has 0 aromatic heterocycles. The van der Waals surface area contributed by atoms with Crippen molar-refractivity contribution in [2.45, 2.75) is 72.5 Å². The van der Waals surface area contributed by atoms with Crippen LogP contribution >= 0.6 is 0 Å². The molecule has 0 amide bonds. The number of carbonyl (C=O) groups excluding carboxylic acids is 1. The molecular weight excluding hydrogens is 228 g/mol. The van der Waals surface area contributed by atoms with Crippen LogP contribution < -0.4 is 0 Å². The number of ether oxygens (including phenoxy) is 2. The summed E-state index contributed by atoms with van der Waals surface area (Å²) in [5.41, 5.74) is -0.407. The number of rotatable bonds is 10. The third-order valence-electron chi connectivity index (χ3n) is 2.90. The minimum absolute atomic E-state index is 0.103. The van der Waals surface area contributed by atoms with Gasteiger partial charge < -0.3 is 14.3 Å². The van der Waals surface area contributed by atoms with Gasteiger partial charge in [-0.25, -0.2) is 0 Å². The third kappa shape index (κ3) is 8.65. The lowest BCUT2D eigenvalue weighted by atomic mass is 9.91. The lowest BCUT2D eigenvalue weighted by molar-refractivity contribution is -0.120. The molecule has 0 rings (SSSR count). The van der Waals surface area contributed by atoms with Gasteiger partial charge in [0.1, 0.15) is 6.29 Å². The normalized spacial score (nSPS) is 14.6. The maximum atomic E-state index is 10.6. The highest BCUT2D eigenvalue weighted by Gasteiger charge is 2.25. The van der Waals surface area contributed by atoms with Crippen LogP contribution in [0.3, 0.4) is 0 Å². The fourth-order valence-electron chi connectivity index (χ4n) is 1.55. The molecule has 0 heterocycles. The molecule has 3 nitrogen and oxygen atoms in total. The molecule has 3 heteroatoms. The van der Waals surface area contributed by atoms with Crippen molar-refractivity contribution in [2.75, 3.05) is 13.2 Å². The number of hydrogen-bond acceptors (Lipinski definition) is 3. The molecule has 0 bridgehead atoms. The van der Waals surface area contributed by atoms with E-state index in [1.807, 2.05) is 27.7 Å². The Morgan fingerprint density at radius 1 is 1.17 bits per heavy atom. The topological polar surface area (TPSA) is 35.5 Å². The fraction of sp³-hybridized carbons (Fsp3) is 0.933. The van der Waals surface area contributed by atoms with Crippen molar-refractivity contribution in [1.29, 1.82) is 0 Å². The fourth-order valence-corrected chi connectivity index (χ4v) is 1.55. The number of carbonyl (C=O) groups is 1. The first kappa shape index (κ1) is 17.6. The molecule has 0 aliphatic carbocycles. The summed E-state index contributed by atoms with van der Waals surface area (Å²) < 4.78 is 11.7. The molecule has 0 radical (unpaired) electrons. The smallest absolute Gasteiger partial charge is 0.120 e. The highest BCUT2D eigenvalue weighted by molar-refractivity contribution is 5.50. The Morgan fingerprint density at radius 3 is 2.28 bits per heavy atom. The van der Waals surface area contributed by atoms with Crippen molar-refractivity contribution in [3.63, 3.8) is 0 Å². The van der Waals surface area contributed by atoms with E-state index in [1.165, 1.54) is 0 Å². The Bertz CT molecular complexity index is 234. The molecule has 18 heavy (non-hydrogen) atoms. The van der Waals surface area contributed by atoms with Gasteiger partial charge in [-0.15, -0.1) is 0 Å². The van der Waals surface area contributed by atoms with E-state index in [2.05, 4.69) is 13.8 Å². The summed E-state index contributed by atoms with van der Waals surface area (Å²) in [7, 11) is 0. The van der Waals surface area contributed by atoms with Gasteiger partial charge in [0.2, 0.25) is 0 Å². The zero-order valence-electron chi connectivity index (χ0n) is 12.9. The Balaban J connectivity index is 4.03. The van der Waals surface area contributed by atoms with Gasteiger partial charge in [0.15, 0.2) is 0 Å². The Kier molecular flexibility index (Phi) is 7.72. The van der Waals surface area contributed by atoms with Crippen LogP contribution in [0.15, 0.2) is 0 Å². The van der Waals surface area contributed by atoms with Gasteiger partial charge in [-0.2, -0.15) is 0 Å². The Hall–Kier alpha value is -0.410. The van der Waals surface area contributed by atoms with Crippen molar-refractivity contribution in [2.24, 2.45) is 5.41 Å². The summed E-state index contributed by atoms with van der Waals surface area (Å²) in [5.74, 6) is 0. The third-order valence-corrected chi connectivity index (χ3v) is 2.90. The minimum atomic E-state index is -0.303. The van der Waals surface area contributed by atoms with Gasteiger partial charge in [-0.1, -0.05) is 27.2 Å². The van der Waals surface area contributed by atoms with Gasteiger partial charge in [0.05, 0.1) is 24.9 Å². The zero-order valence-corrected chi connectivity index (χ0v) is 12.9. The van der Waals surface area contributed by atoms with Crippen molar-refractivity contribution >= 4 is 6.29 Å². The second-order valence-corrected chi connectivity index (χ2v) is 6.49. The van der Waals surface area contributed by atoms with Crippen LogP contribution in [0, 0.1) is 5.41 Å². The van der Waals surface area contributed by atoms with Crippen LogP contribution in [0.2, 0.25) is 0 Å². The van der Waals surface area contributed by atoms with E-state index in [4.69, 9.17) is 9.47 Å². The quantitative estimate of drug-likeness (QED) is 0.562. The van der Waals surface area contributed by atoms with E-state index < -0.39 is 0 Å². The summed E-state index contributed by atoms with van der Waals surface area (Å²) in [6.45, 7) is 13.6. The second-order valence-electron chi connectivity index (χ2n) is 6.49. The van der Waals surface area contributed by atoms with Crippen LogP contribution in [0.1, 0.15) is 60.8 Å². The summed E-state index contributed by atoms with van der Waals surface area (Å²) in [4.78, 5) is 10.6. The summed E-state index contributed by atoms with van der Waals surface area (Å²) in [5, 5.41) is 0. The molecule has 0 spiro atoms. The average molecular weight is 258 g/mol. The number of hydrogen-bond donors (Lipinski definition) is 0. The lowest BCUT2D eigenvalue weighted by Crippen LogP contribution is -2.36. The Labute approximate surface area is 112 Å². The van der Waals surface area contributed by atoms with Crippen molar-refractivity contribution in [3.05, 3.63) is 0 Å². The molecule has 1 unspecified atom stereocenters. The standard InChI is InChI=1S/C15H30O3/c1-7-8-13(2)17-12-15(5,6)18-11-14(3,4)9-10-16/h10,13H,7-9,11-12H2,1-6H3. The zero-order chi connectivity index (χ0) is 14.2. The van der Waals surface area contributed by atoms with E-state index >= 15 is 0 Å². The Morgan fingerprint density at radius 2 is 1.78 bits per heavy atom. The molecule has 0 aromatic rings. The van der Waals surface area contributed by atoms with Crippen molar-refractivity contribution < 1.29 is 14.3 Å². The first-order chi connectivity index (χ1) is 8.22. The predicted octanol–water partition coefficient (Wildman–Crippen LogP) is 3.60. The molecule has 0 saturated heterocycles. The van der Waals surface area contributed by atoms with E-state index in [-0.39, 0.29) is 17.1 Å². The highest BCUT2D eigenvalue weighted by Crippen LogP contribution is 2.23. The van der Waals surface area contributed by atoms with E-state index in [9.17, 15) is 4.79 Å². The summed E-state index contributed by atoms with van der Waals surface area (Å²) in [6, 6.07) is 0. The molecular formula is C15H30O3. The van der Waals surface area contributed by atoms with Gasteiger partial charge in [0, 0.05) is 6.42 Å². The SMILES string of the molecule is CCCC(C)OCC(C)(C)OCC(C)(C)CC=O. The van der Waals surface area contributed by atoms with E-state index in [0.29, 0.717) is 19.6 Å². The van der Waals surface area contributed by atoms with Gasteiger partial charge in [0.25, 0.3) is 0 Å². The van der Waals surface area contributed by atoms with Crippen molar-refractivity contribution in [3.8, 4) is 0 Å². The molecule has 0 saturated carbocycles. The predicted molar refractivity (Wildman–Crippen MR) is 74.8 cm³/mol. The molecule has 1 atom stereocenters. The maximum Gasteiger partial charge on any atom is 0.120 e. The first-order valence-corrected chi connectivity index (χ1v) is 6.91. The second kappa shape index (κ2) is 7.90. The first-order valence-electron chi connectivity index (χ1n) is 6.91. The van der Waals surface area contributed by atoms with Crippen LogP contribution in [0.4, 0.5) is 0 Å². The molecule has 0 N–H and O–H groups in total. The minimum Gasteiger partial charge on any atom is -0.376 e. The maximum absolute atomic E-state index is 10.6. The molecule has 0 aromatic carbocycles. The van der Waals surface area contributed by atoms with Gasteiger partial charge in [-0.3, -0.25) is 0 Å². The summed E-state index contributed by atoms with van der Waals surface area (Å²) >= 11 is 0. The average Bonchev–Trinajstić information content (AvgIpc) is 2.25. The van der Waals surface area contributed by atoms with Crippen molar-refractivity contribution in [1.82, 2.24) is 0 Å². The molecule has 0 aliphatic heterocycles. The van der Waals surface area contributed by atoms with Crippen LogP contribution in [-0.2, 0) is 14.3 Å².